The Bertz CT molecular complexity index is 1060. The van der Waals surface area contributed by atoms with Gasteiger partial charge in [0, 0.05) is 22.9 Å². The summed E-state index contributed by atoms with van der Waals surface area (Å²) in [5.74, 6) is 0.525. The van der Waals surface area contributed by atoms with Crippen LogP contribution in [0.4, 0.5) is 5.95 Å². The van der Waals surface area contributed by atoms with Gasteiger partial charge in [0.05, 0.1) is 22.0 Å². The molecule has 136 valence electrons. The molecule has 3 heterocycles. The Morgan fingerprint density at radius 1 is 1.15 bits per heavy atom. The summed E-state index contributed by atoms with van der Waals surface area (Å²) in [5.41, 5.74) is 1.76. The van der Waals surface area contributed by atoms with E-state index in [1.807, 2.05) is 23.6 Å². The zero-order chi connectivity index (χ0) is 18.5. The van der Waals surface area contributed by atoms with Crippen LogP contribution in [-0.4, -0.2) is 26.3 Å². The highest BCUT2D eigenvalue weighted by Crippen LogP contribution is 2.44. The molecule has 1 saturated carbocycles. The van der Waals surface area contributed by atoms with Gasteiger partial charge >= 0.3 is 0 Å². The predicted octanol–water partition coefficient (Wildman–Crippen LogP) is 5.08. The van der Waals surface area contributed by atoms with E-state index in [1.54, 1.807) is 22.1 Å². The van der Waals surface area contributed by atoms with E-state index in [4.69, 9.17) is 23.2 Å². The number of rotatable bonds is 2. The van der Waals surface area contributed by atoms with Crippen LogP contribution in [0.2, 0.25) is 10.0 Å². The van der Waals surface area contributed by atoms with Gasteiger partial charge in [-0.3, -0.25) is 4.79 Å². The van der Waals surface area contributed by atoms with Crippen LogP contribution in [-0.2, 0) is 4.79 Å². The lowest BCUT2D eigenvalue weighted by atomic mass is 9.73. The highest BCUT2D eigenvalue weighted by Gasteiger charge is 2.44. The number of Topliss-reactive ketones (excluding diaryl/α,β-unsaturated/α-hetero) is 1. The minimum absolute atomic E-state index is 0.177. The molecule has 1 aliphatic heterocycles. The van der Waals surface area contributed by atoms with Gasteiger partial charge in [0.15, 0.2) is 0 Å². The standard InChI is InChI=1S/C19H14Cl2N4OS/c20-12-4-3-10(6-13(12)21)18-17-14(24-19-22-9-23-25(18)19)7-11(8-15(17)26)16-2-1-5-27-16/h1-6,9,11,17-18H,7-8H2. The zero-order valence-electron chi connectivity index (χ0n) is 14.0. The first kappa shape index (κ1) is 17.1. The molecular weight excluding hydrogens is 403 g/mol. The van der Waals surface area contributed by atoms with Gasteiger partial charge in [-0.2, -0.15) is 10.1 Å². The Morgan fingerprint density at radius 3 is 2.81 bits per heavy atom. The number of carbonyl (C=O) groups excluding carboxylic acids is 1. The van der Waals surface area contributed by atoms with Crippen LogP contribution >= 0.6 is 34.5 Å². The highest BCUT2D eigenvalue weighted by atomic mass is 35.5. The van der Waals surface area contributed by atoms with Crippen molar-refractivity contribution in [3.05, 3.63) is 62.5 Å². The monoisotopic (exact) mass is 416 g/mol. The summed E-state index contributed by atoms with van der Waals surface area (Å²) in [6, 6.07) is 9.26. The molecule has 0 radical (unpaired) electrons. The minimum Gasteiger partial charge on any atom is -0.299 e. The van der Waals surface area contributed by atoms with Crippen molar-refractivity contribution in [2.45, 2.75) is 24.8 Å². The molecule has 8 heteroatoms. The second kappa shape index (κ2) is 6.55. The van der Waals surface area contributed by atoms with E-state index < -0.39 is 0 Å². The topological polar surface area (TPSA) is 60.1 Å². The Hall–Kier alpha value is -2.02. The largest absolute Gasteiger partial charge is 0.299 e. The fraction of sp³-hybridized carbons (Fsp3) is 0.263. The normalized spacial score (nSPS) is 24.3. The van der Waals surface area contributed by atoms with Crippen LogP contribution < -0.4 is 0 Å². The molecular formula is C19H14Cl2N4OS. The lowest BCUT2D eigenvalue weighted by Gasteiger charge is -2.36. The number of benzene rings is 1. The average Bonchev–Trinajstić information content (AvgIpc) is 3.33. The third-order valence-electron chi connectivity index (χ3n) is 5.22. The Labute approximate surface area is 169 Å². The van der Waals surface area contributed by atoms with Crippen molar-refractivity contribution in [3.63, 3.8) is 0 Å². The number of thiophene rings is 1. The van der Waals surface area contributed by atoms with E-state index in [2.05, 4.69) is 21.1 Å². The van der Waals surface area contributed by atoms with Gasteiger partial charge in [-0.05, 0) is 35.6 Å². The number of nitrogens with zero attached hydrogens (tertiary/aromatic N) is 4. The van der Waals surface area contributed by atoms with E-state index in [0.717, 1.165) is 17.7 Å². The molecule has 1 aliphatic carbocycles. The van der Waals surface area contributed by atoms with Crippen molar-refractivity contribution in [1.29, 1.82) is 0 Å². The van der Waals surface area contributed by atoms with E-state index in [9.17, 15) is 4.79 Å². The van der Waals surface area contributed by atoms with Crippen molar-refractivity contribution in [3.8, 4) is 0 Å². The zero-order valence-corrected chi connectivity index (χ0v) is 16.4. The molecule has 1 fully saturated rings. The number of hydrogen-bond acceptors (Lipinski definition) is 5. The quantitative estimate of drug-likeness (QED) is 0.584. The van der Waals surface area contributed by atoms with Crippen LogP contribution in [0.1, 0.15) is 35.2 Å². The molecule has 0 saturated heterocycles. The average molecular weight is 417 g/mol. The summed E-state index contributed by atoms with van der Waals surface area (Å²) in [6.45, 7) is 0. The number of aliphatic imine (C=N–C) groups is 1. The fourth-order valence-corrected chi connectivity index (χ4v) is 5.16. The van der Waals surface area contributed by atoms with Crippen LogP contribution in [0.3, 0.4) is 0 Å². The number of halogens is 2. The van der Waals surface area contributed by atoms with Crippen molar-refractivity contribution in [2.75, 3.05) is 0 Å². The van der Waals surface area contributed by atoms with E-state index in [-0.39, 0.29) is 23.7 Å². The first-order valence-corrected chi connectivity index (χ1v) is 10.2. The maximum absolute atomic E-state index is 13.2. The fourth-order valence-electron chi connectivity index (χ4n) is 4.03. The first-order chi connectivity index (χ1) is 13.1. The van der Waals surface area contributed by atoms with Crippen LogP contribution in [0, 0.1) is 5.92 Å². The third kappa shape index (κ3) is 2.83. The highest BCUT2D eigenvalue weighted by molar-refractivity contribution is 7.10. The van der Waals surface area contributed by atoms with Crippen LogP contribution in [0.15, 0.2) is 47.0 Å². The molecule has 0 bridgehead atoms. The van der Waals surface area contributed by atoms with Gasteiger partial charge in [-0.15, -0.1) is 11.3 Å². The summed E-state index contributed by atoms with van der Waals surface area (Å²) in [4.78, 5) is 23.4. The van der Waals surface area contributed by atoms with Crippen molar-refractivity contribution < 1.29 is 4.79 Å². The molecule has 27 heavy (non-hydrogen) atoms. The predicted molar refractivity (Wildman–Crippen MR) is 107 cm³/mol. The minimum atomic E-state index is -0.354. The molecule has 2 aromatic heterocycles. The maximum atomic E-state index is 13.2. The van der Waals surface area contributed by atoms with Crippen molar-refractivity contribution >= 4 is 52.0 Å². The van der Waals surface area contributed by atoms with E-state index in [1.165, 1.54) is 11.2 Å². The molecule has 3 atom stereocenters. The smallest absolute Gasteiger partial charge is 0.248 e. The van der Waals surface area contributed by atoms with Crippen LogP contribution in [0.25, 0.3) is 0 Å². The summed E-state index contributed by atoms with van der Waals surface area (Å²) in [5, 5.41) is 7.32. The summed E-state index contributed by atoms with van der Waals surface area (Å²) in [6.07, 6.45) is 2.73. The lowest BCUT2D eigenvalue weighted by molar-refractivity contribution is -0.122. The Balaban J connectivity index is 1.60. The number of carbonyl (C=O) groups is 1. The molecule has 2 aliphatic rings. The van der Waals surface area contributed by atoms with Gasteiger partial charge in [0.25, 0.3) is 0 Å². The Kier molecular flexibility index (Phi) is 4.15. The van der Waals surface area contributed by atoms with Gasteiger partial charge in [0.1, 0.15) is 12.1 Å². The van der Waals surface area contributed by atoms with E-state index >= 15 is 0 Å². The molecule has 5 nitrogen and oxygen atoms in total. The van der Waals surface area contributed by atoms with Crippen molar-refractivity contribution in [1.82, 2.24) is 14.8 Å². The number of fused-ring (bicyclic) bond motifs is 2. The summed E-state index contributed by atoms with van der Waals surface area (Å²) < 4.78 is 1.72. The summed E-state index contributed by atoms with van der Waals surface area (Å²) in [7, 11) is 0. The number of hydrogen-bond donors (Lipinski definition) is 0. The molecule has 5 rings (SSSR count). The second-order valence-corrected chi connectivity index (χ2v) is 8.58. The SMILES string of the molecule is O=C1CC(c2cccs2)CC2=Nc3ncnn3C(c3ccc(Cl)c(Cl)c3)C12. The number of ketones is 1. The second-order valence-electron chi connectivity index (χ2n) is 6.79. The molecule has 1 aromatic carbocycles. The molecule has 0 amide bonds. The molecule has 0 N–H and O–H groups in total. The van der Waals surface area contributed by atoms with Crippen LogP contribution in [0.5, 0.6) is 0 Å². The Morgan fingerprint density at radius 2 is 2.04 bits per heavy atom. The third-order valence-corrected chi connectivity index (χ3v) is 6.99. The van der Waals surface area contributed by atoms with Gasteiger partial charge in [-0.1, -0.05) is 35.3 Å². The van der Waals surface area contributed by atoms with Crippen molar-refractivity contribution in [2.24, 2.45) is 10.9 Å². The first-order valence-electron chi connectivity index (χ1n) is 8.60. The number of aromatic nitrogens is 3. The lowest BCUT2D eigenvalue weighted by Crippen LogP contribution is -2.41. The molecule has 0 spiro atoms. The summed E-state index contributed by atoms with van der Waals surface area (Å²) >= 11 is 14.0. The van der Waals surface area contributed by atoms with E-state index in [0.29, 0.717) is 22.4 Å². The van der Waals surface area contributed by atoms with Gasteiger partial charge in [0.2, 0.25) is 5.95 Å². The maximum Gasteiger partial charge on any atom is 0.248 e. The molecule has 3 unspecified atom stereocenters. The molecule has 3 aromatic rings. The van der Waals surface area contributed by atoms with Gasteiger partial charge < -0.3 is 0 Å². The van der Waals surface area contributed by atoms with Gasteiger partial charge in [-0.25, -0.2) is 9.67 Å².